The lowest BCUT2D eigenvalue weighted by Crippen LogP contribution is -2.59. The van der Waals surface area contributed by atoms with Crippen LogP contribution in [0.5, 0.6) is 0 Å². The molecule has 0 radical (unpaired) electrons. The molecular formula is C26H34N2O6. The molecule has 1 aliphatic heterocycles. The number of rotatable bonds is 2. The highest BCUT2D eigenvalue weighted by molar-refractivity contribution is 5.95. The second-order valence-corrected chi connectivity index (χ2v) is 11.0. The van der Waals surface area contributed by atoms with Gasteiger partial charge in [0.25, 0.3) is 0 Å². The number of ether oxygens (including phenoxy) is 3. The van der Waals surface area contributed by atoms with Crippen molar-refractivity contribution in [2.75, 3.05) is 6.61 Å². The van der Waals surface area contributed by atoms with Crippen molar-refractivity contribution in [3.63, 3.8) is 0 Å². The van der Waals surface area contributed by atoms with Crippen LogP contribution >= 0.6 is 0 Å². The number of esters is 1. The Bertz CT molecular complexity index is 1030. The summed E-state index contributed by atoms with van der Waals surface area (Å²) in [7, 11) is 0. The number of benzene rings is 1. The van der Waals surface area contributed by atoms with Crippen LogP contribution in [0, 0.1) is 5.92 Å². The quantitative estimate of drug-likeness (QED) is 0.348. The van der Waals surface area contributed by atoms with Gasteiger partial charge in [-0.2, -0.15) is 0 Å². The zero-order valence-corrected chi connectivity index (χ0v) is 21.0. The minimum atomic E-state index is -0.736. The molecule has 1 aromatic rings. The van der Waals surface area contributed by atoms with Gasteiger partial charge in [0.05, 0.1) is 18.7 Å². The van der Waals surface area contributed by atoms with Crippen LogP contribution in [0.15, 0.2) is 30.3 Å². The number of hydrazine groups is 1. The summed E-state index contributed by atoms with van der Waals surface area (Å²) in [6, 6.07) is 7.24. The molecule has 3 aliphatic rings. The molecule has 2 amide bonds. The maximum atomic E-state index is 13.4. The highest BCUT2D eigenvalue weighted by Crippen LogP contribution is 2.61. The minimum Gasteiger partial charge on any atom is -0.463 e. The maximum Gasteiger partial charge on any atom is 0.429 e. The van der Waals surface area contributed by atoms with Crippen molar-refractivity contribution in [1.82, 2.24) is 10.0 Å². The minimum absolute atomic E-state index is 0.0620. The third kappa shape index (κ3) is 4.26. The van der Waals surface area contributed by atoms with Gasteiger partial charge in [0.2, 0.25) is 0 Å². The number of fused-ring (bicyclic) bond motifs is 7. The maximum absolute atomic E-state index is 13.4. The molecule has 4 rings (SSSR count). The van der Waals surface area contributed by atoms with Crippen molar-refractivity contribution in [3.8, 4) is 0 Å². The van der Waals surface area contributed by atoms with Gasteiger partial charge in [-0.1, -0.05) is 24.3 Å². The van der Waals surface area contributed by atoms with Gasteiger partial charge in [-0.05, 0) is 71.6 Å². The standard InChI is InChI=1S/C26H34N2O6/c1-8-32-20(29)13-17-15-11-9-10-12-16(15)21-18-14-19(22(17)21)28(24(31)34-26(5,6)7)27(18)23(30)33-25(2,3)4/h9-13,18-19,21-22H,8,14H2,1-7H3/b17-13+/t18-,19+,21+,22-/m0/s1. The molecule has 0 N–H and O–H groups in total. The summed E-state index contributed by atoms with van der Waals surface area (Å²) in [5.41, 5.74) is 1.40. The monoisotopic (exact) mass is 470 g/mol. The fraction of sp³-hybridized carbons (Fsp3) is 0.577. The van der Waals surface area contributed by atoms with Crippen molar-refractivity contribution in [1.29, 1.82) is 0 Å². The second-order valence-electron chi connectivity index (χ2n) is 11.0. The van der Waals surface area contributed by atoms with E-state index >= 15 is 0 Å². The summed E-state index contributed by atoms with van der Waals surface area (Å²) >= 11 is 0. The summed E-state index contributed by atoms with van der Waals surface area (Å²) in [5.74, 6) is -0.630. The molecule has 4 atom stereocenters. The van der Waals surface area contributed by atoms with Gasteiger partial charge in [0, 0.05) is 17.9 Å². The molecule has 8 nitrogen and oxygen atoms in total. The van der Waals surface area contributed by atoms with Crippen LogP contribution in [-0.4, -0.2) is 58.1 Å². The van der Waals surface area contributed by atoms with Gasteiger partial charge >= 0.3 is 18.2 Å². The molecule has 0 spiro atoms. The first-order valence-electron chi connectivity index (χ1n) is 11.8. The Morgan fingerprint density at radius 3 is 1.97 bits per heavy atom. The Morgan fingerprint density at radius 1 is 0.912 bits per heavy atom. The number of hydrogen-bond acceptors (Lipinski definition) is 6. The first kappa shape index (κ1) is 24.1. The van der Waals surface area contributed by atoms with E-state index in [-0.39, 0.29) is 30.5 Å². The third-order valence-electron chi connectivity index (χ3n) is 6.27. The fourth-order valence-electron chi connectivity index (χ4n) is 5.42. The molecule has 2 aliphatic carbocycles. The number of carbonyl (C=O) groups excluding carboxylic acids is 3. The third-order valence-corrected chi connectivity index (χ3v) is 6.27. The molecule has 8 heteroatoms. The molecular weight excluding hydrogens is 436 g/mol. The highest BCUT2D eigenvalue weighted by Gasteiger charge is 2.64. The van der Waals surface area contributed by atoms with E-state index in [2.05, 4.69) is 0 Å². The number of nitrogens with zero attached hydrogens (tertiary/aromatic N) is 2. The van der Waals surface area contributed by atoms with Gasteiger partial charge in [0.1, 0.15) is 11.2 Å². The van der Waals surface area contributed by atoms with E-state index in [4.69, 9.17) is 14.2 Å². The summed E-state index contributed by atoms with van der Waals surface area (Å²) in [6.07, 6.45) is 0.932. The number of amides is 2. The van der Waals surface area contributed by atoms with Crippen LogP contribution in [0.1, 0.15) is 71.9 Å². The number of hydrogen-bond donors (Lipinski definition) is 0. The molecule has 0 unspecified atom stereocenters. The average Bonchev–Trinajstić information content (AvgIpc) is 3.34. The van der Waals surface area contributed by atoms with Crippen molar-refractivity contribution >= 4 is 23.7 Å². The number of carbonyl (C=O) groups is 3. The van der Waals surface area contributed by atoms with Crippen LogP contribution in [0.2, 0.25) is 0 Å². The van der Waals surface area contributed by atoms with Crippen molar-refractivity contribution < 1.29 is 28.6 Å². The Labute approximate surface area is 200 Å². The summed E-state index contributed by atoms with van der Waals surface area (Å²) in [6.45, 7) is 12.8. The first-order valence-corrected chi connectivity index (χ1v) is 11.8. The predicted molar refractivity (Wildman–Crippen MR) is 126 cm³/mol. The Balaban J connectivity index is 1.78. The van der Waals surface area contributed by atoms with E-state index in [9.17, 15) is 14.4 Å². The molecule has 2 bridgehead atoms. The lowest BCUT2D eigenvalue weighted by atomic mass is 9.88. The second kappa shape index (κ2) is 8.32. The zero-order valence-electron chi connectivity index (χ0n) is 21.0. The first-order chi connectivity index (χ1) is 15.8. The lowest BCUT2D eigenvalue weighted by molar-refractivity contribution is -0.137. The van der Waals surface area contributed by atoms with Crippen molar-refractivity contribution in [3.05, 3.63) is 41.5 Å². The van der Waals surface area contributed by atoms with E-state index in [0.29, 0.717) is 6.42 Å². The summed E-state index contributed by atoms with van der Waals surface area (Å²) in [4.78, 5) is 39.2. The predicted octanol–water partition coefficient (Wildman–Crippen LogP) is 4.89. The zero-order chi connectivity index (χ0) is 25.0. The summed E-state index contributed by atoms with van der Waals surface area (Å²) < 4.78 is 16.6. The van der Waals surface area contributed by atoms with Gasteiger partial charge in [-0.3, -0.25) is 0 Å². The fourth-order valence-corrected chi connectivity index (χ4v) is 5.42. The van der Waals surface area contributed by atoms with E-state index in [0.717, 1.165) is 16.7 Å². The highest BCUT2D eigenvalue weighted by atomic mass is 16.6. The summed E-state index contributed by atoms with van der Waals surface area (Å²) in [5, 5.41) is 2.85. The lowest BCUT2D eigenvalue weighted by Gasteiger charge is -2.43. The normalized spacial score (nSPS) is 26.4. The molecule has 2 fully saturated rings. The Hall–Kier alpha value is -3.03. The average molecular weight is 471 g/mol. The largest absolute Gasteiger partial charge is 0.463 e. The smallest absolute Gasteiger partial charge is 0.429 e. The van der Waals surface area contributed by atoms with Crippen LogP contribution in [-0.2, 0) is 19.0 Å². The molecule has 34 heavy (non-hydrogen) atoms. The topological polar surface area (TPSA) is 85.4 Å². The Morgan fingerprint density at radius 2 is 1.44 bits per heavy atom. The van der Waals surface area contributed by atoms with E-state index in [1.165, 1.54) is 10.0 Å². The molecule has 1 saturated carbocycles. The van der Waals surface area contributed by atoms with Gasteiger partial charge in [-0.15, -0.1) is 0 Å². The van der Waals surface area contributed by atoms with Crippen LogP contribution in [0.4, 0.5) is 9.59 Å². The molecule has 1 heterocycles. The van der Waals surface area contributed by atoms with E-state index in [1.807, 2.05) is 24.3 Å². The molecule has 184 valence electrons. The van der Waals surface area contributed by atoms with E-state index in [1.54, 1.807) is 54.5 Å². The molecule has 0 aromatic heterocycles. The van der Waals surface area contributed by atoms with Crippen molar-refractivity contribution in [2.45, 2.75) is 84.1 Å². The van der Waals surface area contributed by atoms with Gasteiger partial charge < -0.3 is 14.2 Å². The molecule has 1 saturated heterocycles. The Kier molecular flexibility index (Phi) is 5.90. The van der Waals surface area contributed by atoms with Crippen molar-refractivity contribution in [2.24, 2.45) is 5.92 Å². The van der Waals surface area contributed by atoms with E-state index < -0.39 is 29.4 Å². The van der Waals surface area contributed by atoms with Gasteiger partial charge in [-0.25, -0.2) is 24.4 Å². The van der Waals surface area contributed by atoms with Gasteiger partial charge in [0.15, 0.2) is 0 Å². The van der Waals surface area contributed by atoms with Crippen LogP contribution < -0.4 is 0 Å². The molecule has 1 aromatic carbocycles. The van der Waals surface area contributed by atoms with Crippen LogP contribution in [0.25, 0.3) is 5.57 Å². The SMILES string of the molecule is CCOC(=O)/C=C1\c2ccccc2[C@H]2[C@@H]1[C@H]1C[C@@H]2N(C(=O)OC(C)(C)C)N1C(=O)OC(C)(C)C. The van der Waals surface area contributed by atoms with Crippen LogP contribution in [0.3, 0.4) is 0 Å².